The Morgan fingerprint density at radius 1 is 1.41 bits per heavy atom. The van der Waals surface area contributed by atoms with Crippen LogP contribution in [0.2, 0.25) is 0 Å². The minimum atomic E-state index is -1.54. The van der Waals surface area contributed by atoms with E-state index in [-0.39, 0.29) is 6.61 Å². The molecule has 1 N–H and O–H groups in total. The zero-order valence-corrected chi connectivity index (χ0v) is 9.75. The number of ether oxygens (including phenoxy) is 1. The van der Waals surface area contributed by atoms with Crippen LogP contribution in [0.1, 0.15) is 19.4 Å². The summed E-state index contributed by atoms with van der Waals surface area (Å²) in [4.78, 5) is 14.3. The molecular formula is C12H14N2O3. The van der Waals surface area contributed by atoms with E-state index in [4.69, 9.17) is 10.3 Å². The zero-order chi connectivity index (χ0) is 12.9. The second kappa shape index (κ2) is 5.39. The lowest BCUT2D eigenvalue weighted by molar-refractivity contribution is -0.144. The van der Waals surface area contributed by atoms with E-state index in [0.29, 0.717) is 0 Å². The molecule has 0 atom stereocenters. The minimum absolute atomic E-state index is 0.0643. The molecule has 0 heterocycles. The predicted molar refractivity (Wildman–Crippen MR) is 61.2 cm³/mol. The molecule has 0 aliphatic heterocycles. The fraction of sp³-hybridized carbons (Fsp3) is 0.333. The fourth-order valence-corrected chi connectivity index (χ4v) is 1.20. The third-order valence-electron chi connectivity index (χ3n) is 2.09. The molecule has 0 unspecified atom stereocenters. The number of hydrogen-bond donors (Lipinski definition) is 1. The van der Waals surface area contributed by atoms with Gasteiger partial charge in [-0.15, -0.1) is 0 Å². The van der Waals surface area contributed by atoms with Crippen LogP contribution in [0.25, 0.3) is 5.53 Å². The largest absolute Gasteiger partial charge is 0.452 e. The second-order valence-electron chi connectivity index (χ2n) is 4.07. The molecule has 5 nitrogen and oxygen atoms in total. The summed E-state index contributed by atoms with van der Waals surface area (Å²) in [5.74, 6) is -0.844. The molecule has 0 saturated heterocycles. The van der Waals surface area contributed by atoms with Crippen LogP contribution in [0.4, 0.5) is 0 Å². The van der Waals surface area contributed by atoms with Crippen LogP contribution in [0.15, 0.2) is 30.3 Å². The van der Waals surface area contributed by atoms with Crippen molar-refractivity contribution in [1.29, 1.82) is 0 Å². The van der Waals surface area contributed by atoms with Crippen molar-refractivity contribution in [3.8, 4) is 0 Å². The first-order valence-corrected chi connectivity index (χ1v) is 5.11. The first-order valence-electron chi connectivity index (χ1n) is 5.11. The quantitative estimate of drug-likeness (QED) is 0.367. The maximum atomic E-state index is 11.5. The van der Waals surface area contributed by atoms with Gasteiger partial charge in [0.05, 0.1) is 0 Å². The highest BCUT2D eigenvalue weighted by Gasteiger charge is 2.38. The van der Waals surface area contributed by atoms with Crippen LogP contribution in [0.3, 0.4) is 0 Å². The average molecular weight is 234 g/mol. The van der Waals surface area contributed by atoms with E-state index in [9.17, 15) is 9.90 Å². The number of nitrogens with zero attached hydrogens (tertiary/aromatic N) is 2. The smallest absolute Gasteiger partial charge is 0.420 e. The van der Waals surface area contributed by atoms with E-state index in [0.717, 1.165) is 5.56 Å². The maximum absolute atomic E-state index is 11.5. The van der Waals surface area contributed by atoms with E-state index in [2.05, 4.69) is 4.79 Å². The third kappa shape index (κ3) is 3.83. The Morgan fingerprint density at radius 3 is 2.47 bits per heavy atom. The molecule has 1 aromatic rings. The van der Waals surface area contributed by atoms with E-state index in [1.165, 1.54) is 13.8 Å². The van der Waals surface area contributed by atoms with Crippen LogP contribution >= 0.6 is 0 Å². The topological polar surface area (TPSA) is 82.9 Å². The molecule has 0 aliphatic rings. The predicted octanol–water partition coefficient (Wildman–Crippen LogP) is 1.17. The van der Waals surface area contributed by atoms with E-state index < -0.39 is 17.3 Å². The van der Waals surface area contributed by atoms with Gasteiger partial charge in [-0.2, -0.15) is 4.79 Å². The van der Waals surface area contributed by atoms with Crippen molar-refractivity contribution in [2.24, 2.45) is 0 Å². The second-order valence-corrected chi connectivity index (χ2v) is 4.07. The normalized spacial score (nSPS) is 10.5. The molecule has 0 saturated carbocycles. The molecule has 1 aromatic carbocycles. The average Bonchev–Trinajstić information content (AvgIpc) is 2.27. The molecular weight excluding hydrogens is 220 g/mol. The third-order valence-corrected chi connectivity index (χ3v) is 2.09. The standard InChI is InChI=1S/C12H14N2O3/c1-12(2,16)10(14-13)11(15)17-8-9-6-4-3-5-7-9/h3-7,16H,8H2,1-2H3. The fourth-order valence-electron chi connectivity index (χ4n) is 1.20. The van der Waals surface area contributed by atoms with Gasteiger partial charge in [0.2, 0.25) is 0 Å². The Kier molecular flexibility index (Phi) is 4.15. The van der Waals surface area contributed by atoms with Crippen molar-refractivity contribution < 1.29 is 19.4 Å². The molecule has 0 spiro atoms. The molecule has 0 amide bonds. The molecule has 5 heteroatoms. The van der Waals surface area contributed by atoms with E-state index in [1.54, 1.807) is 12.1 Å². The van der Waals surface area contributed by atoms with Gasteiger partial charge in [0.25, 0.3) is 0 Å². The lowest BCUT2D eigenvalue weighted by atomic mass is 10.0. The summed E-state index contributed by atoms with van der Waals surface area (Å²) in [5.41, 5.74) is 7.51. The highest BCUT2D eigenvalue weighted by Crippen LogP contribution is 2.06. The summed E-state index contributed by atoms with van der Waals surface area (Å²) in [7, 11) is 0. The van der Waals surface area contributed by atoms with Gasteiger partial charge in [0.15, 0.2) is 5.60 Å². The molecule has 1 rings (SSSR count). The number of aliphatic hydroxyl groups is 1. The lowest BCUT2D eigenvalue weighted by Crippen LogP contribution is -2.39. The van der Waals surface area contributed by atoms with Crippen LogP contribution in [0.5, 0.6) is 0 Å². The van der Waals surface area contributed by atoms with Crippen molar-refractivity contribution in [2.45, 2.75) is 26.1 Å². The van der Waals surface area contributed by atoms with Gasteiger partial charge in [-0.3, -0.25) is 0 Å². The van der Waals surface area contributed by atoms with Crippen molar-refractivity contribution in [1.82, 2.24) is 0 Å². The highest BCUT2D eigenvalue weighted by molar-refractivity contribution is 6.36. The molecule has 0 aliphatic carbocycles. The Balaban J connectivity index is 2.65. The molecule has 0 radical (unpaired) electrons. The van der Waals surface area contributed by atoms with Gasteiger partial charge in [-0.25, -0.2) is 4.79 Å². The van der Waals surface area contributed by atoms with Crippen molar-refractivity contribution in [3.05, 3.63) is 41.4 Å². The molecule has 0 bridgehead atoms. The monoisotopic (exact) mass is 234 g/mol. The van der Waals surface area contributed by atoms with Crippen molar-refractivity contribution in [3.63, 3.8) is 0 Å². The number of carbonyl (C=O) groups excluding carboxylic acids is 1. The molecule has 0 aromatic heterocycles. The van der Waals surface area contributed by atoms with Gasteiger partial charge in [0.1, 0.15) is 6.61 Å². The van der Waals surface area contributed by atoms with Crippen LogP contribution in [-0.2, 0) is 16.1 Å². The number of benzene rings is 1. The summed E-state index contributed by atoms with van der Waals surface area (Å²) < 4.78 is 4.92. The van der Waals surface area contributed by atoms with Crippen LogP contribution < -0.4 is 0 Å². The Bertz CT molecular complexity index is 443. The van der Waals surface area contributed by atoms with Gasteiger partial charge in [-0.05, 0) is 19.4 Å². The number of carbonyl (C=O) groups is 1. The molecule has 0 fully saturated rings. The Hall–Kier alpha value is -1.97. The number of rotatable bonds is 4. The van der Waals surface area contributed by atoms with Crippen LogP contribution in [0, 0.1) is 0 Å². The van der Waals surface area contributed by atoms with E-state index >= 15 is 0 Å². The Labute approximate surface area is 99.3 Å². The van der Waals surface area contributed by atoms with Gasteiger partial charge >= 0.3 is 11.7 Å². The maximum Gasteiger partial charge on any atom is 0.420 e. The number of hydrogen-bond acceptors (Lipinski definition) is 3. The summed E-state index contributed by atoms with van der Waals surface area (Å²) in [6.07, 6.45) is 0. The van der Waals surface area contributed by atoms with Gasteiger partial charge in [-0.1, -0.05) is 30.3 Å². The first-order chi connectivity index (χ1) is 7.95. The summed E-state index contributed by atoms with van der Waals surface area (Å²) in [6.45, 7) is 2.74. The minimum Gasteiger partial charge on any atom is -0.452 e. The lowest BCUT2D eigenvalue weighted by Gasteiger charge is -2.10. The summed E-state index contributed by atoms with van der Waals surface area (Å²) >= 11 is 0. The summed E-state index contributed by atoms with van der Waals surface area (Å²) in [6, 6.07) is 9.09. The first kappa shape index (κ1) is 13.1. The van der Waals surface area contributed by atoms with Crippen molar-refractivity contribution >= 4 is 11.7 Å². The van der Waals surface area contributed by atoms with Gasteiger partial charge < -0.3 is 15.4 Å². The van der Waals surface area contributed by atoms with Crippen molar-refractivity contribution in [2.75, 3.05) is 0 Å². The molecule has 90 valence electrons. The zero-order valence-electron chi connectivity index (χ0n) is 9.75. The molecule has 17 heavy (non-hydrogen) atoms. The van der Waals surface area contributed by atoms with Gasteiger partial charge in [0, 0.05) is 0 Å². The highest BCUT2D eigenvalue weighted by atomic mass is 16.5. The van der Waals surface area contributed by atoms with E-state index in [1.807, 2.05) is 18.2 Å². The SMILES string of the molecule is CC(C)(O)C(=[N+]=[N-])C(=O)OCc1ccccc1. The number of esters is 1. The Morgan fingerprint density at radius 2 is 2.00 bits per heavy atom. The van der Waals surface area contributed by atoms with Crippen LogP contribution in [-0.4, -0.2) is 27.2 Å². The summed E-state index contributed by atoms with van der Waals surface area (Å²) in [5, 5.41) is 9.55.